The quantitative estimate of drug-likeness (QED) is 0.237. The highest BCUT2D eigenvalue weighted by atomic mass is 35.5. The number of nitrogens with one attached hydrogen (secondary N) is 1. The van der Waals surface area contributed by atoms with Crippen molar-refractivity contribution in [2.75, 3.05) is 12.4 Å². The van der Waals surface area contributed by atoms with Crippen LogP contribution in [0.15, 0.2) is 78.3 Å². The molecule has 1 aliphatic heterocycles. The summed E-state index contributed by atoms with van der Waals surface area (Å²) in [4.78, 5) is 11.4. The minimum atomic E-state index is -0.0172. The van der Waals surface area contributed by atoms with E-state index in [1.54, 1.807) is 13.2 Å². The van der Waals surface area contributed by atoms with Gasteiger partial charge >= 0.3 is 0 Å². The zero-order valence-electron chi connectivity index (χ0n) is 21.5. The van der Waals surface area contributed by atoms with Crippen molar-refractivity contribution in [3.63, 3.8) is 0 Å². The Labute approximate surface area is 225 Å². The van der Waals surface area contributed by atoms with Crippen molar-refractivity contribution in [2.45, 2.75) is 70.3 Å². The Morgan fingerprint density at radius 2 is 2.19 bits per heavy atom. The van der Waals surface area contributed by atoms with Crippen LogP contribution in [0.4, 0.5) is 0 Å². The maximum absolute atomic E-state index is 11.4. The summed E-state index contributed by atoms with van der Waals surface area (Å²) < 4.78 is 11.9. The van der Waals surface area contributed by atoms with Crippen molar-refractivity contribution >= 4 is 29.3 Å². The molecule has 0 radical (unpaired) electrons. The van der Waals surface area contributed by atoms with Crippen molar-refractivity contribution in [2.24, 2.45) is 0 Å². The van der Waals surface area contributed by atoms with Gasteiger partial charge in [-0.05, 0) is 74.4 Å². The van der Waals surface area contributed by atoms with Crippen LogP contribution in [0.5, 0.6) is 0 Å². The molecule has 0 saturated carbocycles. The lowest BCUT2D eigenvalue weighted by molar-refractivity contribution is -0.118. The number of hydrogen-bond donors (Lipinski definition) is 1. The number of carbonyl (C=O) groups excluding carboxylic acids is 1. The van der Waals surface area contributed by atoms with Crippen molar-refractivity contribution in [3.05, 3.63) is 94.4 Å². The van der Waals surface area contributed by atoms with Gasteiger partial charge in [0.25, 0.3) is 0 Å². The molecule has 1 N–H and O–H groups in total. The highest BCUT2D eigenvalue weighted by Gasteiger charge is 2.25. The van der Waals surface area contributed by atoms with Crippen molar-refractivity contribution in [3.8, 4) is 0 Å². The van der Waals surface area contributed by atoms with Gasteiger partial charge in [0.05, 0.1) is 25.1 Å². The van der Waals surface area contributed by atoms with Gasteiger partial charge in [-0.2, -0.15) is 11.8 Å². The predicted octanol–water partition coefficient (Wildman–Crippen LogP) is 7.63. The summed E-state index contributed by atoms with van der Waals surface area (Å²) in [5, 5.41) is 4.06. The summed E-state index contributed by atoms with van der Waals surface area (Å²) in [7, 11) is 0. The Hall–Kier alpha value is -2.21. The molecule has 4 nitrogen and oxygen atoms in total. The van der Waals surface area contributed by atoms with Crippen molar-refractivity contribution in [1.29, 1.82) is 0 Å². The van der Waals surface area contributed by atoms with Crippen molar-refractivity contribution in [1.82, 2.24) is 5.32 Å². The molecule has 3 unspecified atom stereocenters. The van der Waals surface area contributed by atoms with E-state index in [0.29, 0.717) is 11.9 Å². The third-order valence-electron chi connectivity index (χ3n) is 6.09. The number of carbonyl (C=O) groups is 1. The number of thioether (sulfide) groups is 1. The van der Waals surface area contributed by atoms with Crippen LogP contribution in [0.25, 0.3) is 0 Å². The van der Waals surface area contributed by atoms with Gasteiger partial charge in [-0.3, -0.25) is 4.79 Å². The first-order chi connectivity index (χ1) is 17.5. The number of amides is 1. The fraction of sp³-hybridized carbons (Fsp3) is 0.433. The second kappa shape index (κ2) is 15.1. The van der Waals surface area contributed by atoms with Gasteiger partial charge in [0, 0.05) is 35.1 Å². The van der Waals surface area contributed by atoms with E-state index < -0.39 is 0 Å². The third kappa shape index (κ3) is 9.34. The van der Waals surface area contributed by atoms with Crippen LogP contribution in [0.3, 0.4) is 0 Å². The Kier molecular flexibility index (Phi) is 11.9. The maximum atomic E-state index is 11.4. The van der Waals surface area contributed by atoms with E-state index in [1.165, 1.54) is 11.1 Å². The van der Waals surface area contributed by atoms with Crippen LogP contribution in [0.1, 0.15) is 63.7 Å². The lowest BCUT2D eigenvalue weighted by Crippen LogP contribution is -2.26. The second-order valence-electron chi connectivity index (χ2n) is 9.06. The number of halogens is 1. The number of ether oxygens (including phenoxy) is 2. The van der Waals surface area contributed by atoms with E-state index in [-0.39, 0.29) is 18.1 Å². The van der Waals surface area contributed by atoms with E-state index >= 15 is 0 Å². The van der Waals surface area contributed by atoms with Gasteiger partial charge < -0.3 is 14.8 Å². The lowest BCUT2D eigenvalue weighted by atomic mass is 9.95. The molecule has 3 atom stereocenters. The van der Waals surface area contributed by atoms with Crippen LogP contribution in [0, 0.1) is 0 Å². The Bertz CT molecular complexity index is 1030. The molecule has 1 saturated heterocycles. The number of hydrogen-bond acceptors (Lipinski definition) is 4. The monoisotopic (exact) mass is 527 g/mol. The van der Waals surface area contributed by atoms with Gasteiger partial charge in [0.15, 0.2) is 0 Å². The van der Waals surface area contributed by atoms with Crippen LogP contribution >= 0.6 is 23.4 Å². The highest BCUT2D eigenvalue weighted by Crippen LogP contribution is 2.35. The number of allylic oxidation sites excluding steroid dienone is 8. The largest absolute Gasteiger partial charge is 0.501 e. The normalized spacial score (nSPS) is 22.7. The third-order valence-corrected chi connectivity index (χ3v) is 7.78. The Morgan fingerprint density at radius 1 is 1.33 bits per heavy atom. The molecule has 1 amide bonds. The molecular formula is C30H38ClNO3S. The summed E-state index contributed by atoms with van der Waals surface area (Å²) in [6.45, 7) is 6.20. The van der Waals surface area contributed by atoms with Crippen LogP contribution < -0.4 is 5.32 Å². The maximum Gasteiger partial charge on any atom is 0.220 e. The molecule has 1 heterocycles. The van der Waals surface area contributed by atoms with Gasteiger partial charge in [-0.25, -0.2) is 0 Å². The number of rotatable bonds is 11. The van der Waals surface area contributed by atoms with Crippen LogP contribution in [-0.2, 0) is 20.7 Å². The molecule has 194 valence electrons. The molecule has 0 bridgehead atoms. The highest BCUT2D eigenvalue weighted by molar-refractivity contribution is 8.00. The zero-order chi connectivity index (χ0) is 25.8. The van der Waals surface area contributed by atoms with Crippen LogP contribution in [-0.4, -0.2) is 29.6 Å². The van der Waals surface area contributed by atoms with Gasteiger partial charge in [0.1, 0.15) is 0 Å². The van der Waals surface area contributed by atoms with Gasteiger partial charge in [-0.15, -0.1) is 0 Å². The molecule has 1 aliphatic carbocycles. The van der Waals surface area contributed by atoms with E-state index in [0.717, 1.165) is 54.1 Å². The van der Waals surface area contributed by atoms with Crippen molar-refractivity contribution < 1.29 is 14.3 Å². The molecule has 0 spiro atoms. The molecule has 3 rings (SSSR count). The zero-order valence-corrected chi connectivity index (χ0v) is 23.1. The summed E-state index contributed by atoms with van der Waals surface area (Å²) in [5.74, 6) is 0.927. The predicted molar refractivity (Wildman–Crippen MR) is 152 cm³/mol. The summed E-state index contributed by atoms with van der Waals surface area (Å²) >= 11 is 8.50. The number of benzene rings is 1. The second-order valence-corrected chi connectivity index (χ2v) is 10.7. The molecular weight excluding hydrogens is 490 g/mol. The first kappa shape index (κ1) is 28.4. The summed E-state index contributed by atoms with van der Waals surface area (Å²) in [6, 6.07) is 6.31. The fourth-order valence-electron chi connectivity index (χ4n) is 4.43. The lowest BCUT2D eigenvalue weighted by Gasteiger charge is -2.31. The SMILES string of the molecule is C\C=C/C(=C\C=C\OCC)Cc1cc(C2CCCC(CSC3C=CC=C(NC(C)=O)C3)O2)ccc1Cl. The molecule has 1 aromatic rings. The standard InChI is InChI=1S/C30H38ClNO3S/c1-4-9-23(10-8-17-34-5-2)18-25-19-24(15-16-29(25)31)30-14-7-12-27(35-30)21-36-28-13-6-11-26(20-28)32-22(3)33/h4,6,8-11,13,15-17,19,27-28,30H,5,7,12,14,18,20-21H2,1-3H3,(H,32,33)/b9-4-,17-8+,23-10+. The van der Waals surface area contributed by atoms with Gasteiger partial charge in [-0.1, -0.05) is 54.1 Å². The molecule has 6 heteroatoms. The van der Waals surface area contributed by atoms with E-state index in [1.807, 2.05) is 56.0 Å². The minimum absolute atomic E-state index is 0.0172. The van der Waals surface area contributed by atoms with E-state index in [4.69, 9.17) is 21.1 Å². The smallest absolute Gasteiger partial charge is 0.220 e. The average Bonchev–Trinajstić information content (AvgIpc) is 2.87. The Balaban J connectivity index is 1.60. The molecule has 1 fully saturated rings. The van der Waals surface area contributed by atoms with Crippen LogP contribution in [0.2, 0.25) is 5.02 Å². The van der Waals surface area contributed by atoms with E-state index in [9.17, 15) is 4.79 Å². The average molecular weight is 528 g/mol. The summed E-state index contributed by atoms with van der Waals surface area (Å²) in [5.41, 5.74) is 4.45. The summed E-state index contributed by atoms with van der Waals surface area (Å²) in [6.07, 6.45) is 21.2. The van der Waals surface area contributed by atoms with E-state index in [2.05, 4.69) is 35.7 Å². The fourth-order valence-corrected chi connectivity index (χ4v) is 5.82. The first-order valence-electron chi connectivity index (χ1n) is 12.8. The molecule has 0 aromatic heterocycles. The Morgan fingerprint density at radius 3 is 2.97 bits per heavy atom. The minimum Gasteiger partial charge on any atom is -0.501 e. The first-order valence-corrected chi connectivity index (χ1v) is 14.2. The molecule has 36 heavy (non-hydrogen) atoms. The topological polar surface area (TPSA) is 47.6 Å². The molecule has 1 aromatic carbocycles. The molecule has 2 aliphatic rings. The van der Waals surface area contributed by atoms with Gasteiger partial charge in [0.2, 0.25) is 5.91 Å².